The smallest absolute Gasteiger partial charge is 0.123 e. The predicted molar refractivity (Wildman–Crippen MR) is 61.4 cm³/mol. The molecule has 1 heterocycles. The van der Waals surface area contributed by atoms with Crippen molar-refractivity contribution in [2.24, 2.45) is 5.73 Å². The number of nitrogens with zero attached hydrogens (tertiary/aromatic N) is 1. The molecular weight excluding hydrogens is 203 g/mol. The summed E-state index contributed by atoms with van der Waals surface area (Å²) in [5.41, 5.74) is 8.82. The van der Waals surface area contributed by atoms with Crippen molar-refractivity contribution in [2.75, 3.05) is 0 Å². The summed E-state index contributed by atoms with van der Waals surface area (Å²) in [6, 6.07) is 9.82. The van der Waals surface area contributed by atoms with Crippen molar-refractivity contribution < 1.29 is 4.39 Å². The number of hydrogen-bond acceptors (Lipinski definition) is 2. The van der Waals surface area contributed by atoms with E-state index in [1.807, 2.05) is 19.1 Å². The van der Waals surface area contributed by atoms with Gasteiger partial charge in [-0.05, 0) is 36.2 Å². The number of aryl methyl sites for hydroxylation is 1. The second kappa shape index (κ2) is 4.41. The van der Waals surface area contributed by atoms with Crippen molar-refractivity contribution in [1.82, 2.24) is 4.98 Å². The van der Waals surface area contributed by atoms with Gasteiger partial charge < -0.3 is 5.73 Å². The summed E-state index contributed by atoms with van der Waals surface area (Å²) in [4.78, 5) is 4.19. The highest BCUT2D eigenvalue weighted by molar-refractivity contribution is 5.30. The summed E-state index contributed by atoms with van der Waals surface area (Å²) >= 11 is 0. The van der Waals surface area contributed by atoms with E-state index in [0.29, 0.717) is 0 Å². The number of pyridine rings is 1. The van der Waals surface area contributed by atoms with Gasteiger partial charge in [-0.1, -0.05) is 18.2 Å². The molecule has 0 saturated carbocycles. The molecule has 2 N–H and O–H groups in total. The highest BCUT2D eigenvalue weighted by Crippen LogP contribution is 2.19. The van der Waals surface area contributed by atoms with Gasteiger partial charge in [-0.2, -0.15) is 0 Å². The minimum Gasteiger partial charge on any atom is -0.320 e. The first-order chi connectivity index (χ1) is 7.66. The summed E-state index contributed by atoms with van der Waals surface area (Å²) in [6.07, 6.45) is 1.75. The third-order valence-corrected chi connectivity index (χ3v) is 2.52. The molecule has 1 unspecified atom stereocenters. The maximum Gasteiger partial charge on any atom is 0.123 e. The monoisotopic (exact) mass is 216 g/mol. The van der Waals surface area contributed by atoms with Crippen LogP contribution in [-0.2, 0) is 0 Å². The molecule has 2 nitrogen and oxygen atoms in total. The lowest BCUT2D eigenvalue weighted by Crippen LogP contribution is -2.12. The van der Waals surface area contributed by atoms with Gasteiger partial charge in [-0.25, -0.2) is 4.39 Å². The molecule has 0 amide bonds. The van der Waals surface area contributed by atoms with Crippen LogP contribution in [0.5, 0.6) is 0 Å². The molecule has 16 heavy (non-hydrogen) atoms. The van der Waals surface area contributed by atoms with Crippen LogP contribution in [-0.4, -0.2) is 4.98 Å². The molecule has 1 aromatic carbocycles. The van der Waals surface area contributed by atoms with Crippen LogP contribution < -0.4 is 5.73 Å². The highest BCUT2D eigenvalue weighted by Gasteiger charge is 2.08. The molecule has 1 atom stereocenters. The van der Waals surface area contributed by atoms with E-state index >= 15 is 0 Å². The minimum atomic E-state index is -0.256. The average Bonchev–Trinajstić information content (AvgIpc) is 2.30. The Hall–Kier alpha value is -1.74. The average molecular weight is 216 g/mol. The molecule has 0 radical (unpaired) electrons. The molecule has 0 bridgehead atoms. The third-order valence-electron chi connectivity index (χ3n) is 2.52. The predicted octanol–water partition coefficient (Wildman–Crippen LogP) is 2.58. The van der Waals surface area contributed by atoms with Gasteiger partial charge in [0.15, 0.2) is 0 Å². The van der Waals surface area contributed by atoms with Gasteiger partial charge in [0.05, 0.1) is 6.04 Å². The Bertz CT molecular complexity index is 417. The first kappa shape index (κ1) is 10.8. The quantitative estimate of drug-likeness (QED) is 0.838. The molecule has 0 aliphatic carbocycles. The molecule has 0 saturated heterocycles. The topological polar surface area (TPSA) is 38.9 Å². The zero-order chi connectivity index (χ0) is 11.5. The molecular formula is C13H13FN2. The van der Waals surface area contributed by atoms with Crippen LogP contribution >= 0.6 is 0 Å². The van der Waals surface area contributed by atoms with Crippen molar-refractivity contribution >= 4 is 0 Å². The van der Waals surface area contributed by atoms with Crippen LogP contribution in [0.4, 0.5) is 4.39 Å². The van der Waals surface area contributed by atoms with E-state index in [2.05, 4.69) is 4.98 Å². The first-order valence-electron chi connectivity index (χ1n) is 5.10. The number of benzene rings is 1. The van der Waals surface area contributed by atoms with Gasteiger partial charge in [0, 0.05) is 11.9 Å². The fraction of sp³-hybridized carbons (Fsp3) is 0.154. The van der Waals surface area contributed by atoms with E-state index in [-0.39, 0.29) is 11.9 Å². The molecule has 0 fully saturated rings. The van der Waals surface area contributed by atoms with Crippen LogP contribution in [0.15, 0.2) is 42.6 Å². The van der Waals surface area contributed by atoms with E-state index in [1.165, 1.54) is 12.1 Å². The lowest BCUT2D eigenvalue weighted by Gasteiger charge is -2.12. The Balaban J connectivity index is 2.28. The highest BCUT2D eigenvalue weighted by atomic mass is 19.1. The lowest BCUT2D eigenvalue weighted by atomic mass is 10.0. The van der Waals surface area contributed by atoms with Crippen molar-refractivity contribution in [3.63, 3.8) is 0 Å². The van der Waals surface area contributed by atoms with E-state index in [0.717, 1.165) is 16.8 Å². The summed E-state index contributed by atoms with van der Waals surface area (Å²) in [5, 5.41) is 0. The number of hydrogen-bond donors (Lipinski definition) is 1. The summed E-state index contributed by atoms with van der Waals surface area (Å²) in [5.74, 6) is -0.252. The van der Waals surface area contributed by atoms with Crippen LogP contribution in [0, 0.1) is 12.7 Å². The summed E-state index contributed by atoms with van der Waals surface area (Å²) < 4.78 is 12.8. The van der Waals surface area contributed by atoms with Gasteiger partial charge in [0.25, 0.3) is 0 Å². The van der Waals surface area contributed by atoms with Crippen LogP contribution in [0.1, 0.15) is 22.9 Å². The maximum atomic E-state index is 12.8. The molecule has 82 valence electrons. The molecule has 0 spiro atoms. The number of halogens is 1. The second-order valence-electron chi connectivity index (χ2n) is 3.76. The first-order valence-corrected chi connectivity index (χ1v) is 5.10. The number of rotatable bonds is 2. The largest absolute Gasteiger partial charge is 0.320 e. The zero-order valence-corrected chi connectivity index (χ0v) is 9.02. The second-order valence-corrected chi connectivity index (χ2v) is 3.76. The SMILES string of the molecule is Cc1ccc(C(N)c2ccc(F)cc2)cn1. The Morgan fingerprint density at radius 1 is 1.06 bits per heavy atom. The Labute approximate surface area is 93.9 Å². The van der Waals surface area contributed by atoms with Gasteiger partial charge in [0.2, 0.25) is 0 Å². The maximum absolute atomic E-state index is 12.8. The third kappa shape index (κ3) is 2.25. The van der Waals surface area contributed by atoms with Gasteiger partial charge in [-0.3, -0.25) is 4.98 Å². The van der Waals surface area contributed by atoms with Crippen molar-refractivity contribution in [3.05, 3.63) is 65.2 Å². The van der Waals surface area contributed by atoms with E-state index in [1.54, 1.807) is 18.3 Å². The Kier molecular flexibility index (Phi) is 2.97. The molecule has 3 heteroatoms. The van der Waals surface area contributed by atoms with Crippen LogP contribution in [0.2, 0.25) is 0 Å². The molecule has 0 aliphatic rings. The van der Waals surface area contributed by atoms with Crippen LogP contribution in [0.3, 0.4) is 0 Å². The summed E-state index contributed by atoms with van der Waals surface area (Å²) in [7, 11) is 0. The molecule has 0 aliphatic heterocycles. The van der Waals surface area contributed by atoms with E-state index < -0.39 is 0 Å². The Morgan fingerprint density at radius 3 is 2.25 bits per heavy atom. The van der Waals surface area contributed by atoms with Crippen molar-refractivity contribution in [2.45, 2.75) is 13.0 Å². The fourth-order valence-electron chi connectivity index (χ4n) is 1.53. The van der Waals surface area contributed by atoms with Crippen molar-refractivity contribution in [3.8, 4) is 0 Å². The van der Waals surface area contributed by atoms with Gasteiger partial charge in [-0.15, -0.1) is 0 Å². The standard InChI is InChI=1S/C13H13FN2/c1-9-2-3-11(8-16-9)13(15)10-4-6-12(14)7-5-10/h2-8,13H,15H2,1H3. The molecule has 1 aromatic heterocycles. The van der Waals surface area contributed by atoms with Gasteiger partial charge in [0.1, 0.15) is 5.82 Å². The molecule has 2 aromatic rings. The van der Waals surface area contributed by atoms with Crippen molar-refractivity contribution in [1.29, 1.82) is 0 Å². The number of aromatic nitrogens is 1. The van der Waals surface area contributed by atoms with E-state index in [9.17, 15) is 4.39 Å². The zero-order valence-electron chi connectivity index (χ0n) is 9.02. The minimum absolute atomic E-state index is 0.252. The number of nitrogens with two attached hydrogens (primary N) is 1. The van der Waals surface area contributed by atoms with E-state index in [4.69, 9.17) is 5.73 Å². The van der Waals surface area contributed by atoms with Gasteiger partial charge >= 0.3 is 0 Å². The normalized spacial score (nSPS) is 12.4. The fourth-order valence-corrected chi connectivity index (χ4v) is 1.53. The van der Waals surface area contributed by atoms with Crippen LogP contribution in [0.25, 0.3) is 0 Å². The Morgan fingerprint density at radius 2 is 1.69 bits per heavy atom. The molecule has 2 rings (SSSR count). The lowest BCUT2D eigenvalue weighted by molar-refractivity contribution is 0.626. The summed E-state index contributed by atoms with van der Waals surface area (Å²) in [6.45, 7) is 1.92.